The van der Waals surface area contributed by atoms with Crippen molar-refractivity contribution in [3.63, 3.8) is 0 Å². The van der Waals surface area contributed by atoms with Crippen LogP contribution in [0.15, 0.2) is 18.3 Å². The normalized spacial score (nSPS) is 19.2. The predicted molar refractivity (Wildman–Crippen MR) is 80.7 cm³/mol. The summed E-state index contributed by atoms with van der Waals surface area (Å²) in [6.45, 7) is 9.82. The highest BCUT2D eigenvalue weighted by molar-refractivity contribution is 5.45. The molecule has 4 heteroatoms. The molecule has 0 spiro atoms. The topological polar surface area (TPSA) is 31.4 Å². The van der Waals surface area contributed by atoms with E-state index in [1.807, 2.05) is 6.20 Å². The first-order valence-electron chi connectivity index (χ1n) is 7.33. The molecule has 0 aromatic carbocycles. The molecule has 0 amide bonds. The zero-order chi connectivity index (χ0) is 13.7. The smallest absolute Gasteiger partial charge is 0.0572 e. The van der Waals surface area contributed by atoms with Crippen LogP contribution in [-0.4, -0.2) is 49.7 Å². The van der Waals surface area contributed by atoms with Gasteiger partial charge >= 0.3 is 0 Å². The molecule has 1 aliphatic heterocycles. The first-order chi connectivity index (χ1) is 9.20. The van der Waals surface area contributed by atoms with Crippen molar-refractivity contribution in [2.45, 2.75) is 26.3 Å². The van der Waals surface area contributed by atoms with Crippen LogP contribution in [0.1, 0.15) is 32.0 Å². The van der Waals surface area contributed by atoms with E-state index in [1.54, 1.807) is 0 Å². The fourth-order valence-electron chi connectivity index (χ4n) is 2.56. The molecule has 106 valence electrons. The summed E-state index contributed by atoms with van der Waals surface area (Å²) in [6.07, 6.45) is 3.25. The molecule has 4 nitrogen and oxygen atoms in total. The van der Waals surface area contributed by atoms with Gasteiger partial charge in [-0.3, -0.25) is 4.98 Å². The zero-order valence-electron chi connectivity index (χ0n) is 12.4. The molecule has 0 aliphatic carbocycles. The van der Waals surface area contributed by atoms with E-state index in [0.29, 0.717) is 6.04 Å². The van der Waals surface area contributed by atoms with Crippen molar-refractivity contribution in [3.8, 4) is 0 Å². The number of anilines is 1. The number of hydrogen-bond acceptors (Lipinski definition) is 4. The Labute approximate surface area is 116 Å². The van der Waals surface area contributed by atoms with Gasteiger partial charge in [0.2, 0.25) is 0 Å². The molecule has 1 aromatic heterocycles. The number of likely N-dealkylation sites (N-methyl/N-ethyl adjacent to an activating group) is 1. The Morgan fingerprint density at radius 3 is 2.79 bits per heavy atom. The van der Waals surface area contributed by atoms with Crippen LogP contribution in [0, 0.1) is 0 Å². The number of aromatic nitrogens is 1. The zero-order valence-corrected chi connectivity index (χ0v) is 12.4. The lowest BCUT2D eigenvalue weighted by Gasteiger charge is -2.23. The van der Waals surface area contributed by atoms with E-state index in [2.05, 4.69) is 53.1 Å². The molecule has 1 N–H and O–H groups in total. The van der Waals surface area contributed by atoms with Gasteiger partial charge in [0, 0.05) is 25.7 Å². The lowest BCUT2D eigenvalue weighted by atomic mass is 10.2. The van der Waals surface area contributed by atoms with Gasteiger partial charge in [-0.25, -0.2) is 0 Å². The van der Waals surface area contributed by atoms with Gasteiger partial charge in [0.25, 0.3) is 0 Å². The van der Waals surface area contributed by atoms with Crippen LogP contribution >= 0.6 is 0 Å². The van der Waals surface area contributed by atoms with Crippen molar-refractivity contribution in [2.75, 3.05) is 44.7 Å². The fourth-order valence-corrected chi connectivity index (χ4v) is 2.56. The maximum Gasteiger partial charge on any atom is 0.0572 e. The fraction of sp³-hybridized carbons (Fsp3) is 0.667. The van der Waals surface area contributed by atoms with E-state index in [9.17, 15) is 0 Å². The van der Waals surface area contributed by atoms with E-state index < -0.39 is 0 Å². The molecule has 0 bridgehead atoms. The summed E-state index contributed by atoms with van der Waals surface area (Å²) in [5, 5.41) is 3.39. The number of nitrogens with one attached hydrogen (secondary N) is 1. The quantitative estimate of drug-likeness (QED) is 0.898. The van der Waals surface area contributed by atoms with Gasteiger partial charge in [-0.2, -0.15) is 0 Å². The number of pyridine rings is 1. The Balaban J connectivity index is 2.01. The second kappa shape index (κ2) is 6.87. The SMILES string of the molecule is CCNC(C)c1ccc(N2CCCN(C)CC2)cn1. The Morgan fingerprint density at radius 2 is 2.11 bits per heavy atom. The van der Waals surface area contributed by atoms with E-state index >= 15 is 0 Å². The Morgan fingerprint density at radius 1 is 1.26 bits per heavy atom. The molecule has 2 heterocycles. The van der Waals surface area contributed by atoms with Crippen LogP contribution in [0.3, 0.4) is 0 Å². The molecule has 1 aromatic rings. The molecular formula is C15H26N4. The summed E-state index contributed by atoms with van der Waals surface area (Å²) in [5.74, 6) is 0. The second-order valence-electron chi connectivity index (χ2n) is 5.36. The van der Waals surface area contributed by atoms with E-state index in [1.165, 1.54) is 18.7 Å². The number of nitrogens with zero attached hydrogens (tertiary/aromatic N) is 3. The Hall–Kier alpha value is -1.13. The highest BCUT2D eigenvalue weighted by atomic mass is 15.2. The second-order valence-corrected chi connectivity index (χ2v) is 5.36. The van der Waals surface area contributed by atoms with Crippen LogP contribution in [-0.2, 0) is 0 Å². The van der Waals surface area contributed by atoms with Gasteiger partial charge in [0.15, 0.2) is 0 Å². The summed E-state index contributed by atoms with van der Waals surface area (Å²) in [6, 6.07) is 4.69. The molecule has 2 rings (SSSR count). The largest absolute Gasteiger partial charge is 0.369 e. The van der Waals surface area contributed by atoms with Crippen molar-refractivity contribution < 1.29 is 0 Å². The van der Waals surface area contributed by atoms with Crippen molar-refractivity contribution in [2.24, 2.45) is 0 Å². The maximum atomic E-state index is 4.60. The van der Waals surface area contributed by atoms with Gasteiger partial charge in [0.1, 0.15) is 0 Å². The van der Waals surface area contributed by atoms with Gasteiger partial charge < -0.3 is 15.1 Å². The van der Waals surface area contributed by atoms with Crippen molar-refractivity contribution >= 4 is 5.69 Å². The van der Waals surface area contributed by atoms with Crippen molar-refractivity contribution in [1.29, 1.82) is 0 Å². The van der Waals surface area contributed by atoms with E-state index in [-0.39, 0.29) is 0 Å². The average Bonchev–Trinajstić information content (AvgIpc) is 2.64. The van der Waals surface area contributed by atoms with Crippen LogP contribution < -0.4 is 10.2 Å². The third kappa shape index (κ3) is 3.91. The molecular weight excluding hydrogens is 236 g/mol. The van der Waals surface area contributed by atoms with Crippen LogP contribution in [0.5, 0.6) is 0 Å². The van der Waals surface area contributed by atoms with Crippen LogP contribution in [0.25, 0.3) is 0 Å². The standard InChI is InChI=1S/C15H26N4/c1-4-16-13(2)15-7-6-14(12-17-15)19-9-5-8-18(3)10-11-19/h6-7,12-13,16H,4-5,8-11H2,1-3H3. The highest BCUT2D eigenvalue weighted by Gasteiger charge is 2.13. The van der Waals surface area contributed by atoms with Gasteiger partial charge in [-0.05, 0) is 45.6 Å². The minimum Gasteiger partial charge on any atom is -0.369 e. The first kappa shape index (κ1) is 14.3. The van der Waals surface area contributed by atoms with Gasteiger partial charge in [0.05, 0.1) is 17.6 Å². The lowest BCUT2D eigenvalue weighted by Crippen LogP contribution is -2.28. The number of hydrogen-bond donors (Lipinski definition) is 1. The summed E-state index contributed by atoms with van der Waals surface area (Å²) in [7, 11) is 2.20. The van der Waals surface area contributed by atoms with Crippen molar-refractivity contribution in [1.82, 2.24) is 15.2 Å². The highest BCUT2D eigenvalue weighted by Crippen LogP contribution is 2.17. The maximum absolute atomic E-state index is 4.60. The lowest BCUT2D eigenvalue weighted by molar-refractivity contribution is 0.360. The van der Waals surface area contributed by atoms with Crippen molar-refractivity contribution in [3.05, 3.63) is 24.0 Å². The summed E-state index contributed by atoms with van der Waals surface area (Å²) in [4.78, 5) is 9.44. The minimum absolute atomic E-state index is 0.328. The third-order valence-corrected chi connectivity index (χ3v) is 3.81. The molecule has 1 saturated heterocycles. The Kier molecular flexibility index (Phi) is 5.16. The predicted octanol–water partition coefficient (Wildman–Crippen LogP) is 1.89. The van der Waals surface area contributed by atoms with Crippen LogP contribution in [0.2, 0.25) is 0 Å². The molecule has 0 radical (unpaired) electrons. The Bertz CT molecular complexity index is 376. The molecule has 1 fully saturated rings. The summed E-state index contributed by atoms with van der Waals surface area (Å²) < 4.78 is 0. The summed E-state index contributed by atoms with van der Waals surface area (Å²) in [5.41, 5.74) is 2.38. The molecule has 1 atom stereocenters. The number of rotatable bonds is 4. The minimum atomic E-state index is 0.328. The molecule has 19 heavy (non-hydrogen) atoms. The van der Waals surface area contributed by atoms with Crippen LogP contribution in [0.4, 0.5) is 5.69 Å². The summed E-state index contributed by atoms with van der Waals surface area (Å²) >= 11 is 0. The first-order valence-corrected chi connectivity index (χ1v) is 7.33. The monoisotopic (exact) mass is 262 g/mol. The molecule has 1 unspecified atom stereocenters. The van der Waals surface area contributed by atoms with Gasteiger partial charge in [-0.1, -0.05) is 6.92 Å². The average molecular weight is 262 g/mol. The molecule has 1 aliphatic rings. The van der Waals surface area contributed by atoms with E-state index in [0.717, 1.165) is 31.9 Å². The van der Waals surface area contributed by atoms with E-state index in [4.69, 9.17) is 0 Å². The molecule has 0 saturated carbocycles. The van der Waals surface area contributed by atoms with Gasteiger partial charge in [-0.15, -0.1) is 0 Å². The third-order valence-electron chi connectivity index (χ3n) is 3.81.